The van der Waals surface area contributed by atoms with Crippen molar-refractivity contribution in [2.24, 2.45) is 5.92 Å². The van der Waals surface area contributed by atoms with Crippen molar-refractivity contribution in [3.63, 3.8) is 0 Å². The summed E-state index contributed by atoms with van der Waals surface area (Å²) in [5.74, 6) is 2.44. The van der Waals surface area contributed by atoms with E-state index in [0.29, 0.717) is 29.1 Å². The average molecular weight is 312 g/mol. The summed E-state index contributed by atoms with van der Waals surface area (Å²) in [4.78, 5) is 6.58. The minimum Gasteiger partial charge on any atom is -0.424 e. The van der Waals surface area contributed by atoms with Gasteiger partial charge in [0.15, 0.2) is 0 Å². The molecule has 0 bridgehead atoms. The van der Waals surface area contributed by atoms with Crippen LogP contribution in [-0.2, 0) is 0 Å². The molecule has 7 nitrogen and oxygen atoms in total. The van der Waals surface area contributed by atoms with Crippen LogP contribution in [0.2, 0.25) is 0 Å². The highest BCUT2D eigenvalue weighted by Crippen LogP contribution is 2.27. The lowest BCUT2D eigenvalue weighted by atomic mass is 10.1. The van der Waals surface area contributed by atoms with Gasteiger partial charge < -0.3 is 9.73 Å². The molecule has 0 radical (unpaired) electrons. The van der Waals surface area contributed by atoms with Gasteiger partial charge in [0.05, 0.1) is 11.6 Å². The third-order valence-corrected chi connectivity index (χ3v) is 4.25. The van der Waals surface area contributed by atoms with E-state index in [1.54, 1.807) is 25.3 Å². The fourth-order valence-corrected chi connectivity index (χ4v) is 2.90. The minimum atomic E-state index is 0.130. The van der Waals surface area contributed by atoms with E-state index in [2.05, 4.69) is 38.4 Å². The molecule has 0 unspecified atom stereocenters. The molecule has 0 saturated carbocycles. The molecule has 3 heterocycles. The van der Waals surface area contributed by atoms with Crippen LogP contribution in [0, 0.1) is 24.2 Å². The molecule has 23 heavy (non-hydrogen) atoms. The molecule has 2 atom stereocenters. The van der Waals surface area contributed by atoms with Crippen LogP contribution in [0.25, 0.3) is 0 Å². The van der Waals surface area contributed by atoms with E-state index in [4.69, 9.17) is 9.68 Å². The highest BCUT2D eigenvalue weighted by molar-refractivity contribution is 5.51. The Hall–Kier alpha value is -2.46. The SMILES string of the molecule is Cc1nnc([C@H](C)N2CC[C@@H](CNc3ncccc3C#N)C2)o1. The predicted molar refractivity (Wildman–Crippen MR) is 84.6 cm³/mol. The maximum atomic E-state index is 9.09. The van der Waals surface area contributed by atoms with Crippen LogP contribution < -0.4 is 5.32 Å². The lowest BCUT2D eigenvalue weighted by Crippen LogP contribution is -2.26. The Labute approximate surface area is 135 Å². The lowest BCUT2D eigenvalue weighted by molar-refractivity contribution is 0.216. The van der Waals surface area contributed by atoms with E-state index >= 15 is 0 Å². The number of hydrogen-bond donors (Lipinski definition) is 1. The highest BCUT2D eigenvalue weighted by atomic mass is 16.4. The molecule has 7 heteroatoms. The molecule has 120 valence electrons. The van der Waals surface area contributed by atoms with Crippen molar-refractivity contribution in [3.8, 4) is 6.07 Å². The van der Waals surface area contributed by atoms with Crippen LogP contribution in [0.3, 0.4) is 0 Å². The monoisotopic (exact) mass is 312 g/mol. The van der Waals surface area contributed by atoms with Crippen LogP contribution in [0.15, 0.2) is 22.7 Å². The predicted octanol–water partition coefficient (Wildman–Crippen LogP) is 2.14. The van der Waals surface area contributed by atoms with E-state index in [9.17, 15) is 0 Å². The summed E-state index contributed by atoms with van der Waals surface area (Å²) in [5.41, 5.74) is 0.581. The van der Waals surface area contributed by atoms with Crippen molar-refractivity contribution < 1.29 is 4.42 Å². The zero-order valence-electron chi connectivity index (χ0n) is 13.4. The van der Waals surface area contributed by atoms with Gasteiger partial charge in [-0.15, -0.1) is 10.2 Å². The average Bonchev–Trinajstić information content (AvgIpc) is 3.21. The third kappa shape index (κ3) is 3.48. The van der Waals surface area contributed by atoms with Crippen molar-refractivity contribution in [2.45, 2.75) is 26.3 Å². The number of likely N-dealkylation sites (tertiary alicyclic amines) is 1. The van der Waals surface area contributed by atoms with E-state index in [-0.39, 0.29) is 6.04 Å². The number of nitriles is 1. The molecule has 0 aromatic carbocycles. The summed E-state index contributed by atoms with van der Waals surface area (Å²) in [6.07, 6.45) is 2.79. The molecule has 1 aliphatic rings. The molecule has 3 rings (SSSR count). The molecular formula is C16H20N6O. The Balaban J connectivity index is 1.55. The molecular weight excluding hydrogens is 292 g/mol. The maximum absolute atomic E-state index is 9.09. The van der Waals surface area contributed by atoms with Gasteiger partial charge in [0, 0.05) is 26.2 Å². The number of aromatic nitrogens is 3. The summed E-state index contributed by atoms with van der Waals surface area (Å²) in [7, 11) is 0. The van der Waals surface area contributed by atoms with Gasteiger partial charge in [-0.25, -0.2) is 4.98 Å². The highest BCUT2D eigenvalue weighted by Gasteiger charge is 2.29. The van der Waals surface area contributed by atoms with Crippen LogP contribution in [0.4, 0.5) is 5.82 Å². The van der Waals surface area contributed by atoms with Crippen molar-refractivity contribution in [1.29, 1.82) is 5.26 Å². The zero-order chi connectivity index (χ0) is 16.2. The molecule has 1 saturated heterocycles. The van der Waals surface area contributed by atoms with Gasteiger partial charge in [-0.2, -0.15) is 5.26 Å². The number of aryl methyl sites for hydroxylation is 1. The number of pyridine rings is 1. The Morgan fingerprint density at radius 2 is 2.39 bits per heavy atom. The van der Waals surface area contributed by atoms with E-state index < -0.39 is 0 Å². The molecule has 0 aliphatic carbocycles. The van der Waals surface area contributed by atoms with Crippen molar-refractivity contribution in [2.75, 3.05) is 25.0 Å². The summed E-state index contributed by atoms with van der Waals surface area (Å²) >= 11 is 0. The van der Waals surface area contributed by atoms with Gasteiger partial charge >= 0.3 is 0 Å². The molecule has 2 aromatic rings. The quantitative estimate of drug-likeness (QED) is 0.904. The topological polar surface area (TPSA) is 90.9 Å². The molecule has 0 amide bonds. The number of nitrogens with one attached hydrogen (secondary N) is 1. The van der Waals surface area contributed by atoms with E-state index in [1.165, 1.54) is 0 Å². The Bertz CT molecular complexity index is 707. The summed E-state index contributed by atoms with van der Waals surface area (Å²) in [6, 6.07) is 5.84. The summed E-state index contributed by atoms with van der Waals surface area (Å²) < 4.78 is 5.53. The fourth-order valence-electron chi connectivity index (χ4n) is 2.90. The van der Waals surface area contributed by atoms with Crippen LogP contribution >= 0.6 is 0 Å². The molecule has 1 aliphatic heterocycles. The lowest BCUT2D eigenvalue weighted by Gasteiger charge is -2.21. The Morgan fingerprint density at radius 1 is 1.52 bits per heavy atom. The molecule has 2 aromatic heterocycles. The Morgan fingerprint density at radius 3 is 3.13 bits per heavy atom. The van der Waals surface area contributed by atoms with Gasteiger partial charge in [0.2, 0.25) is 11.8 Å². The van der Waals surface area contributed by atoms with Gasteiger partial charge in [0.25, 0.3) is 0 Å². The number of anilines is 1. The normalized spacial score (nSPS) is 19.4. The second-order valence-corrected chi connectivity index (χ2v) is 5.88. The first-order valence-corrected chi connectivity index (χ1v) is 7.80. The summed E-state index contributed by atoms with van der Waals surface area (Å²) in [5, 5.41) is 20.4. The van der Waals surface area contributed by atoms with Crippen LogP contribution in [0.5, 0.6) is 0 Å². The molecule has 1 N–H and O–H groups in total. The number of rotatable bonds is 5. The maximum Gasteiger partial charge on any atom is 0.233 e. The molecule has 0 spiro atoms. The number of hydrogen-bond acceptors (Lipinski definition) is 7. The second-order valence-electron chi connectivity index (χ2n) is 5.88. The van der Waals surface area contributed by atoms with Crippen LogP contribution in [0.1, 0.15) is 36.7 Å². The number of nitrogens with zero attached hydrogens (tertiary/aromatic N) is 5. The first-order valence-electron chi connectivity index (χ1n) is 7.80. The van der Waals surface area contributed by atoms with Gasteiger partial charge in [-0.1, -0.05) is 0 Å². The first kappa shape index (κ1) is 15.4. The first-order chi connectivity index (χ1) is 11.2. The second kappa shape index (κ2) is 6.75. The van der Waals surface area contributed by atoms with Gasteiger partial charge in [0.1, 0.15) is 11.9 Å². The minimum absolute atomic E-state index is 0.130. The smallest absolute Gasteiger partial charge is 0.233 e. The van der Waals surface area contributed by atoms with Gasteiger partial charge in [-0.3, -0.25) is 4.90 Å². The molecule has 1 fully saturated rings. The van der Waals surface area contributed by atoms with Crippen LogP contribution in [-0.4, -0.2) is 39.7 Å². The Kier molecular flexibility index (Phi) is 4.53. The van der Waals surface area contributed by atoms with Crippen molar-refractivity contribution >= 4 is 5.82 Å². The summed E-state index contributed by atoms with van der Waals surface area (Å²) in [6.45, 7) is 6.67. The van der Waals surface area contributed by atoms with E-state index in [0.717, 1.165) is 26.1 Å². The zero-order valence-corrected chi connectivity index (χ0v) is 13.4. The van der Waals surface area contributed by atoms with E-state index in [1.807, 2.05) is 0 Å². The third-order valence-electron chi connectivity index (χ3n) is 4.25. The van der Waals surface area contributed by atoms with Crippen molar-refractivity contribution in [3.05, 3.63) is 35.7 Å². The van der Waals surface area contributed by atoms with Crippen molar-refractivity contribution in [1.82, 2.24) is 20.1 Å². The van der Waals surface area contributed by atoms with Gasteiger partial charge in [-0.05, 0) is 37.9 Å². The fraction of sp³-hybridized carbons (Fsp3) is 0.500. The largest absolute Gasteiger partial charge is 0.424 e. The standard InChI is InChI=1S/C16H20N6O/c1-11(16-21-20-12(2)23-16)22-7-5-13(10-22)9-19-15-14(8-17)4-3-6-18-15/h3-4,6,11,13H,5,7,9-10H2,1-2H3,(H,18,19)/t11-,13-/m0/s1.